The van der Waals surface area contributed by atoms with Crippen LogP contribution in [0.2, 0.25) is 0 Å². The molecule has 0 fully saturated rings. The van der Waals surface area contributed by atoms with E-state index in [0.717, 1.165) is 16.7 Å². The van der Waals surface area contributed by atoms with Gasteiger partial charge in [-0.2, -0.15) is 4.98 Å². The van der Waals surface area contributed by atoms with Gasteiger partial charge in [0.25, 0.3) is 5.89 Å². The van der Waals surface area contributed by atoms with E-state index in [1.807, 2.05) is 32.0 Å². The maximum atomic E-state index is 5.88. The zero-order chi connectivity index (χ0) is 14.1. The van der Waals surface area contributed by atoms with Crippen LogP contribution >= 0.6 is 0 Å². The van der Waals surface area contributed by atoms with Crippen molar-refractivity contribution in [2.75, 3.05) is 5.73 Å². The highest BCUT2D eigenvalue weighted by Crippen LogP contribution is 2.26. The van der Waals surface area contributed by atoms with Crippen LogP contribution in [0.15, 0.2) is 35.1 Å². The summed E-state index contributed by atoms with van der Waals surface area (Å²) in [6, 6.07) is 5.57. The van der Waals surface area contributed by atoms with Gasteiger partial charge in [0.15, 0.2) is 0 Å². The third-order valence-corrected chi connectivity index (χ3v) is 3.01. The fraction of sp³-hybridized carbons (Fsp3) is 0.143. The lowest BCUT2D eigenvalue weighted by Gasteiger charge is -2.02. The van der Waals surface area contributed by atoms with Gasteiger partial charge in [-0.25, -0.2) is 9.97 Å². The topological polar surface area (TPSA) is 90.7 Å². The summed E-state index contributed by atoms with van der Waals surface area (Å²) in [5, 5.41) is 3.91. The van der Waals surface area contributed by atoms with Crippen LogP contribution in [0.5, 0.6) is 0 Å². The molecule has 0 spiro atoms. The third kappa shape index (κ3) is 2.11. The van der Waals surface area contributed by atoms with Crippen molar-refractivity contribution in [2.45, 2.75) is 13.8 Å². The number of nitrogen functional groups attached to an aromatic ring is 1. The van der Waals surface area contributed by atoms with Crippen LogP contribution in [0.25, 0.3) is 23.1 Å². The largest absolute Gasteiger partial charge is 0.398 e. The van der Waals surface area contributed by atoms with E-state index in [-0.39, 0.29) is 0 Å². The molecule has 3 rings (SSSR count). The molecule has 3 aromatic rings. The van der Waals surface area contributed by atoms with E-state index in [0.29, 0.717) is 23.2 Å². The summed E-state index contributed by atoms with van der Waals surface area (Å²) in [6.07, 6.45) is 3.42. The van der Waals surface area contributed by atoms with Crippen molar-refractivity contribution in [1.82, 2.24) is 20.1 Å². The van der Waals surface area contributed by atoms with Crippen LogP contribution in [0.1, 0.15) is 11.1 Å². The number of nitrogens with two attached hydrogens (primary N) is 1. The van der Waals surface area contributed by atoms with Crippen molar-refractivity contribution in [2.24, 2.45) is 0 Å². The summed E-state index contributed by atoms with van der Waals surface area (Å²) in [6.45, 7) is 3.83. The minimum Gasteiger partial charge on any atom is -0.398 e. The molecule has 1 aromatic carbocycles. The molecule has 6 nitrogen and oxygen atoms in total. The first-order valence-electron chi connectivity index (χ1n) is 6.13. The van der Waals surface area contributed by atoms with Crippen molar-refractivity contribution in [3.8, 4) is 23.1 Å². The van der Waals surface area contributed by atoms with Gasteiger partial charge in [-0.1, -0.05) is 11.2 Å². The van der Waals surface area contributed by atoms with E-state index in [2.05, 4.69) is 20.1 Å². The lowest BCUT2D eigenvalue weighted by molar-refractivity contribution is 0.431. The number of rotatable bonds is 2. The van der Waals surface area contributed by atoms with Gasteiger partial charge in [-0.3, -0.25) is 0 Å². The molecule has 0 amide bonds. The van der Waals surface area contributed by atoms with E-state index in [1.54, 1.807) is 12.4 Å². The minimum absolute atomic E-state index is 0.363. The van der Waals surface area contributed by atoms with Crippen LogP contribution in [-0.2, 0) is 0 Å². The van der Waals surface area contributed by atoms with E-state index in [1.165, 1.54) is 0 Å². The average molecular weight is 267 g/mol. The molecule has 100 valence electrons. The highest BCUT2D eigenvalue weighted by Gasteiger charge is 2.14. The Kier molecular flexibility index (Phi) is 2.90. The van der Waals surface area contributed by atoms with Gasteiger partial charge >= 0.3 is 0 Å². The molecule has 0 aliphatic carbocycles. The molecule has 2 N–H and O–H groups in total. The van der Waals surface area contributed by atoms with Crippen LogP contribution in [0, 0.1) is 13.8 Å². The van der Waals surface area contributed by atoms with E-state index in [4.69, 9.17) is 10.3 Å². The van der Waals surface area contributed by atoms with Crippen LogP contribution < -0.4 is 5.73 Å². The van der Waals surface area contributed by atoms with Gasteiger partial charge in [-0.05, 0) is 37.1 Å². The second-order valence-corrected chi connectivity index (χ2v) is 4.53. The first-order chi connectivity index (χ1) is 9.65. The highest BCUT2D eigenvalue weighted by atomic mass is 16.5. The molecule has 0 saturated carbocycles. The molecule has 2 heterocycles. The Morgan fingerprint density at radius 2 is 1.80 bits per heavy atom. The lowest BCUT2D eigenvalue weighted by atomic mass is 10.1. The molecule has 0 radical (unpaired) electrons. The number of aryl methyl sites for hydroxylation is 1. The van der Waals surface area contributed by atoms with Gasteiger partial charge < -0.3 is 10.3 Å². The van der Waals surface area contributed by atoms with Gasteiger partial charge in [0.2, 0.25) is 11.6 Å². The Labute approximate surface area is 115 Å². The van der Waals surface area contributed by atoms with Crippen molar-refractivity contribution >= 4 is 5.69 Å². The number of hydrogen-bond acceptors (Lipinski definition) is 6. The maximum Gasteiger partial charge on any atom is 0.258 e. The Morgan fingerprint density at radius 1 is 1.05 bits per heavy atom. The summed E-state index contributed by atoms with van der Waals surface area (Å²) < 4.78 is 5.27. The average Bonchev–Trinajstić information content (AvgIpc) is 2.92. The highest BCUT2D eigenvalue weighted by molar-refractivity contribution is 5.67. The summed E-state index contributed by atoms with van der Waals surface area (Å²) in [5.41, 5.74) is 9.27. The molecule has 0 atom stereocenters. The Morgan fingerprint density at radius 3 is 2.55 bits per heavy atom. The first-order valence-corrected chi connectivity index (χ1v) is 6.13. The molecule has 0 bridgehead atoms. The predicted molar refractivity (Wildman–Crippen MR) is 74.6 cm³/mol. The van der Waals surface area contributed by atoms with Crippen molar-refractivity contribution < 1.29 is 4.52 Å². The number of nitrogens with zero attached hydrogens (tertiary/aromatic N) is 4. The molecular formula is C14H13N5O. The second kappa shape index (κ2) is 4.73. The summed E-state index contributed by atoms with van der Waals surface area (Å²) in [5.74, 6) is 1.21. The van der Waals surface area contributed by atoms with Gasteiger partial charge in [0.05, 0.1) is 0 Å². The zero-order valence-corrected chi connectivity index (χ0v) is 11.2. The fourth-order valence-corrected chi connectivity index (χ4v) is 1.82. The number of anilines is 1. The maximum absolute atomic E-state index is 5.88. The summed E-state index contributed by atoms with van der Waals surface area (Å²) in [4.78, 5) is 12.7. The third-order valence-electron chi connectivity index (χ3n) is 3.01. The Balaban J connectivity index is 2.02. The zero-order valence-electron chi connectivity index (χ0n) is 11.2. The minimum atomic E-state index is 0.363. The van der Waals surface area contributed by atoms with Crippen LogP contribution in [-0.4, -0.2) is 20.1 Å². The van der Waals surface area contributed by atoms with E-state index < -0.39 is 0 Å². The molecule has 0 unspecified atom stereocenters. The van der Waals surface area contributed by atoms with E-state index in [9.17, 15) is 0 Å². The summed E-state index contributed by atoms with van der Waals surface area (Å²) in [7, 11) is 0. The van der Waals surface area contributed by atoms with Crippen molar-refractivity contribution in [1.29, 1.82) is 0 Å². The van der Waals surface area contributed by atoms with Crippen LogP contribution in [0.4, 0.5) is 5.69 Å². The molecule has 0 aliphatic heterocycles. The molecule has 0 aliphatic rings. The standard InChI is InChI=1S/C14H13N5O/c1-8-6-16-12(17-7-8)13-18-14(20-19-13)10-4-3-5-11(15)9(10)2/h3-7H,15H2,1-2H3. The number of hydrogen-bond donors (Lipinski definition) is 1. The molecule has 20 heavy (non-hydrogen) atoms. The summed E-state index contributed by atoms with van der Waals surface area (Å²) >= 11 is 0. The quantitative estimate of drug-likeness (QED) is 0.717. The smallest absolute Gasteiger partial charge is 0.258 e. The van der Waals surface area contributed by atoms with Gasteiger partial charge in [-0.15, -0.1) is 0 Å². The van der Waals surface area contributed by atoms with Crippen LogP contribution in [0.3, 0.4) is 0 Å². The SMILES string of the molecule is Cc1cnc(-c2noc(-c3cccc(N)c3C)n2)nc1. The predicted octanol–water partition coefficient (Wildman–Crippen LogP) is 2.39. The molecular weight excluding hydrogens is 254 g/mol. The number of benzene rings is 1. The first kappa shape index (κ1) is 12.3. The molecule has 6 heteroatoms. The van der Waals surface area contributed by atoms with Crippen molar-refractivity contribution in [3.05, 3.63) is 41.7 Å². The molecule has 0 saturated heterocycles. The van der Waals surface area contributed by atoms with Gasteiger partial charge in [0, 0.05) is 23.6 Å². The second-order valence-electron chi connectivity index (χ2n) is 4.53. The molecule has 2 aromatic heterocycles. The Bertz CT molecular complexity index is 749. The fourth-order valence-electron chi connectivity index (χ4n) is 1.82. The van der Waals surface area contributed by atoms with Crippen molar-refractivity contribution in [3.63, 3.8) is 0 Å². The monoisotopic (exact) mass is 267 g/mol. The van der Waals surface area contributed by atoms with E-state index >= 15 is 0 Å². The Hall–Kier alpha value is -2.76. The lowest BCUT2D eigenvalue weighted by Crippen LogP contribution is -1.93. The van der Waals surface area contributed by atoms with Gasteiger partial charge in [0.1, 0.15) is 0 Å². The number of aromatic nitrogens is 4. The normalized spacial score (nSPS) is 10.7.